The molecular weight excluding hydrogens is 192 g/mol. The van der Waals surface area contributed by atoms with Crippen LogP contribution in [0.5, 0.6) is 5.75 Å². The number of carbonyl (C=O) groups excluding carboxylic acids is 1. The Morgan fingerprint density at radius 3 is 2.67 bits per heavy atom. The SMILES string of the molecule is CC(=O)C1OC(C)(C)Oc2ccccc21. The van der Waals surface area contributed by atoms with Crippen molar-refractivity contribution in [1.82, 2.24) is 0 Å². The summed E-state index contributed by atoms with van der Waals surface area (Å²) in [5.74, 6) is -0.0159. The van der Waals surface area contributed by atoms with Gasteiger partial charge in [-0.25, -0.2) is 0 Å². The van der Waals surface area contributed by atoms with Gasteiger partial charge < -0.3 is 9.47 Å². The molecule has 0 N–H and O–H groups in total. The zero-order chi connectivity index (χ0) is 11.1. The molecule has 0 aromatic heterocycles. The highest BCUT2D eigenvalue weighted by molar-refractivity contribution is 5.83. The van der Waals surface area contributed by atoms with Crippen molar-refractivity contribution in [2.24, 2.45) is 0 Å². The predicted octanol–water partition coefficient (Wildman–Crippen LogP) is 2.46. The van der Waals surface area contributed by atoms with E-state index in [1.54, 1.807) is 13.8 Å². The molecule has 0 aliphatic carbocycles. The zero-order valence-corrected chi connectivity index (χ0v) is 9.11. The van der Waals surface area contributed by atoms with Crippen LogP contribution in [-0.4, -0.2) is 11.6 Å². The summed E-state index contributed by atoms with van der Waals surface area (Å²) in [6, 6.07) is 7.48. The van der Waals surface area contributed by atoms with Crippen LogP contribution in [0.15, 0.2) is 24.3 Å². The van der Waals surface area contributed by atoms with Crippen LogP contribution in [0.2, 0.25) is 0 Å². The van der Waals surface area contributed by atoms with Crippen LogP contribution < -0.4 is 4.74 Å². The van der Waals surface area contributed by atoms with Crippen LogP contribution in [-0.2, 0) is 9.53 Å². The van der Waals surface area contributed by atoms with Gasteiger partial charge in [0.05, 0.1) is 0 Å². The monoisotopic (exact) mass is 206 g/mol. The second-order valence-corrected chi connectivity index (χ2v) is 4.15. The maximum absolute atomic E-state index is 11.5. The highest BCUT2D eigenvalue weighted by atomic mass is 16.7. The summed E-state index contributed by atoms with van der Waals surface area (Å²) in [4.78, 5) is 11.5. The van der Waals surface area contributed by atoms with Gasteiger partial charge >= 0.3 is 0 Å². The average molecular weight is 206 g/mol. The number of para-hydroxylation sites is 1. The fourth-order valence-corrected chi connectivity index (χ4v) is 1.73. The lowest BCUT2D eigenvalue weighted by molar-refractivity contribution is -0.206. The molecule has 0 bridgehead atoms. The number of fused-ring (bicyclic) bond motifs is 1. The van der Waals surface area contributed by atoms with E-state index >= 15 is 0 Å². The summed E-state index contributed by atoms with van der Waals surface area (Å²) >= 11 is 0. The normalized spacial score (nSPS) is 22.7. The molecule has 3 heteroatoms. The number of ether oxygens (including phenoxy) is 2. The molecule has 0 radical (unpaired) electrons. The molecule has 1 heterocycles. The Labute approximate surface area is 89.0 Å². The second-order valence-electron chi connectivity index (χ2n) is 4.15. The van der Waals surface area contributed by atoms with Crippen LogP contribution in [0.1, 0.15) is 32.4 Å². The van der Waals surface area contributed by atoms with Gasteiger partial charge in [-0.15, -0.1) is 0 Å². The van der Waals surface area contributed by atoms with Crippen LogP contribution in [0, 0.1) is 0 Å². The lowest BCUT2D eigenvalue weighted by atomic mass is 10.0. The molecule has 0 saturated carbocycles. The molecule has 80 valence electrons. The van der Waals surface area contributed by atoms with Crippen LogP contribution in [0.3, 0.4) is 0 Å². The van der Waals surface area contributed by atoms with Gasteiger partial charge in [0.1, 0.15) is 11.9 Å². The first-order valence-corrected chi connectivity index (χ1v) is 4.96. The topological polar surface area (TPSA) is 35.5 Å². The number of rotatable bonds is 1. The summed E-state index contributed by atoms with van der Waals surface area (Å²) < 4.78 is 11.2. The first-order chi connectivity index (χ1) is 6.99. The lowest BCUT2D eigenvalue weighted by Crippen LogP contribution is -2.39. The molecular formula is C12H14O3. The van der Waals surface area contributed by atoms with Crippen LogP contribution >= 0.6 is 0 Å². The van der Waals surface area contributed by atoms with E-state index < -0.39 is 11.9 Å². The lowest BCUT2D eigenvalue weighted by Gasteiger charge is -2.36. The molecule has 1 aromatic carbocycles. The van der Waals surface area contributed by atoms with Crippen molar-refractivity contribution < 1.29 is 14.3 Å². The van der Waals surface area contributed by atoms with Crippen molar-refractivity contribution in [3.63, 3.8) is 0 Å². The Hall–Kier alpha value is -1.35. The van der Waals surface area contributed by atoms with Gasteiger partial charge in [0.15, 0.2) is 5.78 Å². The predicted molar refractivity (Wildman–Crippen MR) is 55.7 cm³/mol. The third kappa shape index (κ3) is 1.88. The van der Waals surface area contributed by atoms with Gasteiger partial charge in [-0.2, -0.15) is 0 Å². The smallest absolute Gasteiger partial charge is 0.206 e. The maximum Gasteiger partial charge on any atom is 0.206 e. The zero-order valence-electron chi connectivity index (χ0n) is 9.11. The molecule has 0 spiro atoms. The van der Waals surface area contributed by atoms with Gasteiger partial charge in [0.2, 0.25) is 5.79 Å². The third-order valence-corrected chi connectivity index (χ3v) is 2.33. The molecule has 3 nitrogen and oxygen atoms in total. The summed E-state index contributed by atoms with van der Waals surface area (Å²) in [5, 5.41) is 0. The second kappa shape index (κ2) is 3.35. The van der Waals surface area contributed by atoms with Crippen molar-refractivity contribution in [2.75, 3.05) is 0 Å². The minimum atomic E-state index is -0.745. The Morgan fingerprint density at radius 1 is 1.33 bits per heavy atom. The largest absolute Gasteiger partial charge is 0.463 e. The Balaban J connectivity index is 2.47. The molecule has 0 amide bonds. The molecule has 1 aliphatic heterocycles. The molecule has 1 unspecified atom stereocenters. The molecule has 0 fully saturated rings. The summed E-state index contributed by atoms with van der Waals surface area (Å²) in [6.07, 6.45) is -0.509. The van der Waals surface area contributed by atoms with Gasteiger partial charge in [-0.3, -0.25) is 4.79 Å². The van der Waals surface area contributed by atoms with E-state index in [0.29, 0.717) is 0 Å². The number of ketones is 1. The van der Waals surface area contributed by atoms with Crippen molar-refractivity contribution in [3.05, 3.63) is 29.8 Å². The standard InChI is InChI=1S/C12H14O3/c1-8(13)11-9-6-4-5-7-10(9)14-12(2,3)15-11/h4-7,11H,1-3H3. The minimum absolute atomic E-state index is 0.00109. The number of carbonyl (C=O) groups is 1. The number of hydrogen-bond acceptors (Lipinski definition) is 3. The molecule has 15 heavy (non-hydrogen) atoms. The van der Waals surface area contributed by atoms with Gasteiger partial charge in [-0.05, 0) is 13.0 Å². The minimum Gasteiger partial charge on any atom is -0.463 e. The molecule has 1 aliphatic rings. The highest BCUT2D eigenvalue weighted by Crippen LogP contribution is 2.38. The van der Waals surface area contributed by atoms with Gasteiger partial charge in [0, 0.05) is 19.4 Å². The van der Waals surface area contributed by atoms with Crippen molar-refractivity contribution >= 4 is 5.78 Å². The fraction of sp³-hybridized carbons (Fsp3) is 0.417. The van der Waals surface area contributed by atoms with E-state index in [-0.39, 0.29) is 5.78 Å². The third-order valence-electron chi connectivity index (χ3n) is 2.33. The van der Waals surface area contributed by atoms with Crippen LogP contribution in [0.4, 0.5) is 0 Å². The van der Waals surface area contributed by atoms with E-state index in [9.17, 15) is 4.79 Å². The Bertz CT molecular complexity index is 396. The Kier molecular flexibility index (Phi) is 2.27. The number of hydrogen-bond donors (Lipinski definition) is 0. The highest BCUT2D eigenvalue weighted by Gasteiger charge is 2.36. The van der Waals surface area contributed by atoms with Crippen molar-refractivity contribution in [3.8, 4) is 5.75 Å². The van der Waals surface area contributed by atoms with E-state index in [4.69, 9.17) is 9.47 Å². The van der Waals surface area contributed by atoms with Crippen molar-refractivity contribution in [1.29, 1.82) is 0 Å². The molecule has 1 atom stereocenters. The van der Waals surface area contributed by atoms with E-state index in [1.165, 1.54) is 6.92 Å². The Morgan fingerprint density at radius 2 is 2.00 bits per heavy atom. The van der Waals surface area contributed by atoms with Crippen molar-refractivity contribution in [2.45, 2.75) is 32.7 Å². The molecule has 0 saturated heterocycles. The molecule has 2 rings (SSSR count). The number of benzene rings is 1. The summed E-state index contributed by atoms with van der Waals surface area (Å²) in [5.41, 5.74) is 0.810. The van der Waals surface area contributed by atoms with E-state index in [1.807, 2.05) is 24.3 Å². The fourth-order valence-electron chi connectivity index (χ4n) is 1.73. The van der Waals surface area contributed by atoms with Gasteiger partial charge in [-0.1, -0.05) is 18.2 Å². The van der Waals surface area contributed by atoms with E-state index in [2.05, 4.69) is 0 Å². The average Bonchev–Trinajstić information content (AvgIpc) is 2.14. The summed E-state index contributed by atoms with van der Waals surface area (Å²) in [6.45, 7) is 5.14. The van der Waals surface area contributed by atoms with Gasteiger partial charge in [0.25, 0.3) is 0 Å². The summed E-state index contributed by atoms with van der Waals surface area (Å²) in [7, 11) is 0. The quantitative estimate of drug-likeness (QED) is 0.708. The van der Waals surface area contributed by atoms with E-state index in [0.717, 1.165) is 11.3 Å². The maximum atomic E-state index is 11.5. The van der Waals surface area contributed by atoms with Crippen LogP contribution in [0.25, 0.3) is 0 Å². The first-order valence-electron chi connectivity index (χ1n) is 4.96. The first kappa shape index (κ1) is 10.2. The number of Topliss-reactive ketones (excluding diaryl/α,β-unsaturated/α-hetero) is 1. The molecule has 1 aromatic rings.